The van der Waals surface area contributed by atoms with E-state index in [0.29, 0.717) is 42.0 Å². The van der Waals surface area contributed by atoms with Crippen LogP contribution in [0.2, 0.25) is 5.02 Å². The van der Waals surface area contributed by atoms with E-state index in [4.69, 9.17) is 22.2 Å². The van der Waals surface area contributed by atoms with Crippen LogP contribution in [0.3, 0.4) is 0 Å². The molecule has 2 heterocycles. The highest BCUT2D eigenvalue weighted by Crippen LogP contribution is 2.31. The molecule has 0 aliphatic carbocycles. The van der Waals surface area contributed by atoms with Crippen LogP contribution in [0.15, 0.2) is 47.0 Å². The van der Waals surface area contributed by atoms with Gasteiger partial charge in [0.2, 0.25) is 5.82 Å². The number of rotatable bonds is 7. The molecule has 1 N–H and O–H groups in total. The zero-order valence-electron chi connectivity index (χ0n) is 18.3. The Balaban J connectivity index is 1.45. The molecule has 1 aliphatic heterocycles. The third kappa shape index (κ3) is 5.06. The van der Waals surface area contributed by atoms with Crippen LogP contribution in [0.5, 0.6) is 5.75 Å². The zero-order valence-corrected chi connectivity index (χ0v) is 18.0. The number of likely N-dealkylation sites (tertiary alicyclic amines) is 1. The summed E-state index contributed by atoms with van der Waals surface area (Å²) in [5, 5.41) is 13.7. The largest absolute Gasteiger partial charge is 0.489 e. The first-order chi connectivity index (χ1) is 15.3. The van der Waals surface area contributed by atoms with Crippen molar-refractivity contribution in [1.29, 1.82) is 0 Å². The molecule has 0 saturated carbocycles. The summed E-state index contributed by atoms with van der Waals surface area (Å²) in [6, 6.07) is 13.0. The van der Waals surface area contributed by atoms with E-state index in [2.05, 4.69) is 10.1 Å². The molecule has 0 radical (unpaired) electrons. The zero-order chi connectivity index (χ0) is 22.8. The maximum absolute atomic E-state index is 11.2. The van der Waals surface area contributed by atoms with Gasteiger partial charge in [-0.25, -0.2) is 0 Å². The van der Waals surface area contributed by atoms with Crippen molar-refractivity contribution in [2.75, 3.05) is 13.1 Å². The predicted octanol–water partition coefficient (Wildman–Crippen LogP) is 4.75. The summed E-state index contributed by atoms with van der Waals surface area (Å²) in [5.74, 6) is -0.122. The number of carboxylic acid groups (broad SMARTS) is 1. The average Bonchev–Trinajstić information content (AvgIpc) is 3.38. The Morgan fingerprint density at radius 1 is 1.32 bits per heavy atom. The molecule has 1 aromatic heterocycles. The van der Waals surface area contributed by atoms with Crippen LogP contribution >= 0.6 is 11.6 Å². The van der Waals surface area contributed by atoms with E-state index in [-0.39, 0.29) is 6.10 Å². The standard InChI is InChI=1S/C23H24ClN3O4/c1-14(2)30-20-8-7-17(11-19(20)24)21-25-22(31-26-21)16-5-3-15(4-6-16)12-27-10-9-18(13-27)23(28)29/h3-8,11,14,18H,9-10,12-13H2,1-2H3,(H,28,29)/i13D. The second kappa shape index (κ2) is 9.08. The number of carboxylic acids is 1. The molecular weight excluding hydrogens is 418 g/mol. The van der Waals surface area contributed by atoms with E-state index in [1.54, 1.807) is 12.1 Å². The minimum atomic E-state index is -0.904. The molecular formula is C23H24ClN3O4. The predicted molar refractivity (Wildman–Crippen MR) is 117 cm³/mol. The van der Waals surface area contributed by atoms with Crippen LogP contribution in [-0.2, 0) is 11.3 Å². The van der Waals surface area contributed by atoms with Crippen LogP contribution < -0.4 is 4.74 Å². The lowest BCUT2D eigenvalue weighted by atomic mass is 10.1. The molecule has 1 aliphatic rings. The van der Waals surface area contributed by atoms with Gasteiger partial charge in [-0.3, -0.25) is 9.69 Å². The quantitative estimate of drug-likeness (QED) is 0.564. The molecule has 4 rings (SSSR count). The van der Waals surface area contributed by atoms with Crippen LogP contribution in [0.25, 0.3) is 22.8 Å². The number of hydrogen-bond acceptors (Lipinski definition) is 6. The van der Waals surface area contributed by atoms with Crippen molar-refractivity contribution in [2.45, 2.75) is 32.9 Å². The summed E-state index contributed by atoms with van der Waals surface area (Å²) in [6.07, 6.45) is 0.523. The van der Waals surface area contributed by atoms with Gasteiger partial charge in [0.1, 0.15) is 5.75 Å². The fourth-order valence-electron chi connectivity index (χ4n) is 3.46. The molecule has 0 spiro atoms. The van der Waals surface area contributed by atoms with E-state index in [1.165, 1.54) is 0 Å². The minimum absolute atomic E-state index is 0.0224. The van der Waals surface area contributed by atoms with Gasteiger partial charge in [-0.15, -0.1) is 0 Å². The Bertz CT molecular complexity index is 1100. The average molecular weight is 443 g/mol. The number of benzene rings is 2. The Kier molecular flexibility index (Phi) is 5.86. The normalized spacial score (nSPS) is 19.5. The van der Waals surface area contributed by atoms with Crippen LogP contribution in [0.4, 0.5) is 0 Å². The fraction of sp³-hybridized carbons (Fsp3) is 0.348. The van der Waals surface area contributed by atoms with Gasteiger partial charge >= 0.3 is 5.97 Å². The lowest BCUT2D eigenvalue weighted by Crippen LogP contribution is -2.22. The maximum atomic E-state index is 11.2. The van der Waals surface area contributed by atoms with E-state index in [9.17, 15) is 9.90 Å². The second-order valence-electron chi connectivity index (χ2n) is 7.78. The Morgan fingerprint density at radius 3 is 2.71 bits per heavy atom. The van der Waals surface area contributed by atoms with Gasteiger partial charge < -0.3 is 14.4 Å². The molecule has 2 atom stereocenters. The van der Waals surface area contributed by atoms with Crippen LogP contribution in [0, 0.1) is 5.92 Å². The molecule has 1 fully saturated rings. The van der Waals surface area contributed by atoms with Gasteiger partial charge in [-0.05, 0) is 62.7 Å². The topological polar surface area (TPSA) is 88.7 Å². The lowest BCUT2D eigenvalue weighted by Gasteiger charge is -2.15. The molecule has 8 heteroatoms. The fourth-order valence-corrected chi connectivity index (χ4v) is 3.69. The number of carbonyl (C=O) groups is 1. The minimum Gasteiger partial charge on any atom is -0.489 e. The molecule has 2 aromatic carbocycles. The smallest absolute Gasteiger partial charge is 0.307 e. The van der Waals surface area contributed by atoms with Crippen molar-refractivity contribution >= 4 is 17.6 Å². The molecule has 3 aromatic rings. The summed E-state index contributed by atoms with van der Waals surface area (Å²) in [5.41, 5.74) is 2.48. The number of ether oxygens (including phenoxy) is 1. The van der Waals surface area contributed by atoms with Crippen LogP contribution in [0.1, 0.15) is 27.2 Å². The number of nitrogens with zero attached hydrogens (tertiary/aromatic N) is 3. The molecule has 1 saturated heterocycles. The van der Waals surface area contributed by atoms with Crippen molar-refractivity contribution in [3.8, 4) is 28.6 Å². The van der Waals surface area contributed by atoms with Gasteiger partial charge in [0, 0.05) is 25.6 Å². The third-order valence-corrected chi connectivity index (χ3v) is 5.30. The second-order valence-corrected chi connectivity index (χ2v) is 8.19. The Hall–Kier alpha value is -2.90. The van der Waals surface area contributed by atoms with Crippen molar-refractivity contribution in [1.82, 2.24) is 15.0 Å². The monoisotopic (exact) mass is 442 g/mol. The summed E-state index contributed by atoms with van der Waals surface area (Å²) in [7, 11) is 0. The molecule has 0 amide bonds. The summed E-state index contributed by atoms with van der Waals surface area (Å²) in [6.45, 7) is 4.27. The Labute approximate surface area is 187 Å². The first-order valence-electron chi connectivity index (χ1n) is 10.7. The molecule has 2 unspecified atom stereocenters. The highest BCUT2D eigenvalue weighted by Gasteiger charge is 2.27. The van der Waals surface area contributed by atoms with Gasteiger partial charge in [0.25, 0.3) is 5.89 Å². The van der Waals surface area contributed by atoms with E-state index >= 15 is 0 Å². The summed E-state index contributed by atoms with van der Waals surface area (Å²) in [4.78, 5) is 17.6. The van der Waals surface area contributed by atoms with Crippen molar-refractivity contribution < 1.29 is 20.5 Å². The highest BCUT2D eigenvalue weighted by molar-refractivity contribution is 6.32. The van der Waals surface area contributed by atoms with E-state index < -0.39 is 18.4 Å². The third-order valence-electron chi connectivity index (χ3n) is 5.00. The van der Waals surface area contributed by atoms with E-state index in [0.717, 1.165) is 16.7 Å². The number of aromatic nitrogens is 2. The molecule has 0 bridgehead atoms. The first-order valence-corrected chi connectivity index (χ1v) is 10.5. The van der Waals surface area contributed by atoms with Crippen molar-refractivity contribution in [3.05, 3.63) is 53.1 Å². The summed E-state index contributed by atoms with van der Waals surface area (Å²) < 4.78 is 19.2. The SMILES string of the molecule is [2H]C1C(C(=O)O)CCN1Cc1ccc(-c2nc(-c3ccc(OC(C)C)c(Cl)c3)no2)cc1. The molecule has 162 valence electrons. The highest BCUT2D eigenvalue weighted by atomic mass is 35.5. The lowest BCUT2D eigenvalue weighted by molar-refractivity contribution is -0.141. The molecule has 31 heavy (non-hydrogen) atoms. The summed E-state index contributed by atoms with van der Waals surface area (Å²) >= 11 is 6.31. The van der Waals surface area contributed by atoms with Crippen molar-refractivity contribution in [3.63, 3.8) is 0 Å². The van der Waals surface area contributed by atoms with Gasteiger partial charge in [0.05, 0.1) is 17.0 Å². The first kappa shape index (κ1) is 20.0. The maximum Gasteiger partial charge on any atom is 0.307 e. The Morgan fingerprint density at radius 2 is 2.06 bits per heavy atom. The van der Waals surface area contributed by atoms with Crippen LogP contribution in [-0.4, -0.2) is 45.3 Å². The number of hydrogen-bond donors (Lipinski definition) is 1. The number of aliphatic carboxylic acids is 1. The van der Waals surface area contributed by atoms with Gasteiger partial charge in [-0.1, -0.05) is 28.9 Å². The number of halogens is 1. The van der Waals surface area contributed by atoms with Crippen molar-refractivity contribution in [2.24, 2.45) is 5.92 Å². The van der Waals surface area contributed by atoms with Gasteiger partial charge in [-0.2, -0.15) is 4.98 Å². The molecule has 7 nitrogen and oxygen atoms in total. The van der Waals surface area contributed by atoms with E-state index in [1.807, 2.05) is 49.1 Å². The van der Waals surface area contributed by atoms with Gasteiger partial charge in [0.15, 0.2) is 0 Å².